The lowest BCUT2D eigenvalue weighted by Gasteiger charge is -2.43. The quantitative estimate of drug-likeness (QED) is 0.225. The molecule has 4 aliphatic rings. The second-order valence-electron chi connectivity index (χ2n) is 12.3. The van der Waals surface area contributed by atoms with Crippen molar-refractivity contribution < 1.29 is 23.5 Å². The van der Waals surface area contributed by atoms with Gasteiger partial charge in [-0.3, -0.25) is 24.1 Å². The van der Waals surface area contributed by atoms with Crippen LogP contribution in [-0.4, -0.2) is 34.6 Å². The highest BCUT2D eigenvalue weighted by molar-refractivity contribution is 9.10. The van der Waals surface area contributed by atoms with Crippen molar-refractivity contribution >= 4 is 68.1 Å². The molecule has 2 saturated carbocycles. The zero-order valence-electron chi connectivity index (χ0n) is 24.4. The average molecular weight is 721 g/mol. The number of carbonyl (C=O) groups excluding carboxylic acids is 3. The standard InChI is InChI=1S/C34H27BrFN3O5S2/c1-15-2-9-19(10-3-15)39-32(41)27-21-13-22(28(27)33(39)42)29-26(21)25(30-31(45-29)38-34(43)46-30)20-12-16(35)4-11-23(20)44-14-24(40)37-18-7-5-17(36)6-8-18/h2-12,21-22,25-29H,13-14H2,1H3,(H,37,40)(H,38,43)/t21-,22-,25-,26?,27?,28?,29?/m1/s1. The number of anilines is 2. The smallest absolute Gasteiger partial charge is 0.305 e. The lowest BCUT2D eigenvalue weighted by atomic mass is 9.68. The zero-order valence-corrected chi connectivity index (χ0v) is 27.6. The first-order valence-corrected chi connectivity index (χ1v) is 17.5. The van der Waals surface area contributed by atoms with E-state index in [0.717, 1.165) is 43.3 Å². The van der Waals surface area contributed by atoms with Crippen molar-refractivity contribution in [1.29, 1.82) is 0 Å². The van der Waals surface area contributed by atoms with E-state index in [9.17, 15) is 23.6 Å². The highest BCUT2D eigenvalue weighted by atomic mass is 79.9. The number of aromatic nitrogens is 1. The summed E-state index contributed by atoms with van der Waals surface area (Å²) in [7, 11) is 0. The average Bonchev–Trinajstić information content (AvgIpc) is 3.77. The Morgan fingerprint density at radius 2 is 1.74 bits per heavy atom. The molecule has 8 rings (SSSR count). The van der Waals surface area contributed by atoms with Crippen LogP contribution in [0.3, 0.4) is 0 Å². The Morgan fingerprint density at radius 1 is 1.02 bits per heavy atom. The number of hydrogen-bond donors (Lipinski definition) is 2. The zero-order chi connectivity index (χ0) is 31.9. The Morgan fingerprint density at radius 3 is 2.48 bits per heavy atom. The van der Waals surface area contributed by atoms with Crippen LogP contribution in [0.25, 0.3) is 0 Å². The predicted octanol–water partition coefficient (Wildman–Crippen LogP) is 6.34. The number of aryl methyl sites for hydroxylation is 1. The number of carbonyl (C=O) groups is 3. The van der Waals surface area contributed by atoms with Crippen LogP contribution in [0.5, 0.6) is 5.75 Å². The van der Waals surface area contributed by atoms with Crippen LogP contribution >= 0.6 is 39.0 Å². The fourth-order valence-corrected chi connectivity index (χ4v) is 11.3. The molecule has 3 heterocycles. The summed E-state index contributed by atoms with van der Waals surface area (Å²) < 4.78 is 20.3. The van der Waals surface area contributed by atoms with Crippen LogP contribution in [0, 0.1) is 42.3 Å². The summed E-state index contributed by atoms with van der Waals surface area (Å²) in [6.45, 7) is 1.68. The van der Waals surface area contributed by atoms with E-state index in [1.165, 1.54) is 29.2 Å². The van der Waals surface area contributed by atoms with Crippen LogP contribution in [0.15, 0.2) is 81.0 Å². The second kappa shape index (κ2) is 11.2. The summed E-state index contributed by atoms with van der Waals surface area (Å²) in [6.07, 6.45) is 0.761. The molecule has 2 N–H and O–H groups in total. The van der Waals surface area contributed by atoms with E-state index >= 15 is 0 Å². The van der Waals surface area contributed by atoms with E-state index < -0.39 is 23.6 Å². The molecule has 0 radical (unpaired) electrons. The Labute approximate surface area is 279 Å². The molecule has 46 heavy (non-hydrogen) atoms. The van der Waals surface area contributed by atoms with Crippen LogP contribution < -0.4 is 19.8 Å². The largest absolute Gasteiger partial charge is 0.483 e. The molecule has 3 amide bonds. The number of thiazole rings is 1. The number of ether oxygens (including phenoxy) is 1. The van der Waals surface area contributed by atoms with Gasteiger partial charge < -0.3 is 15.0 Å². The summed E-state index contributed by atoms with van der Waals surface area (Å²) in [4.78, 5) is 58.6. The Kier molecular flexibility index (Phi) is 7.22. The molecule has 2 aliphatic carbocycles. The molecule has 3 aromatic carbocycles. The van der Waals surface area contributed by atoms with Crippen molar-refractivity contribution in [2.75, 3.05) is 16.8 Å². The summed E-state index contributed by atoms with van der Waals surface area (Å²) in [6, 6.07) is 18.6. The lowest BCUT2D eigenvalue weighted by molar-refractivity contribution is -0.123. The summed E-state index contributed by atoms with van der Waals surface area (Å²) >= 11 is 6.39. The minimum absolute atomic E-state index is 0.0114. The van der Waals surface area contributed by atoms with Crippen LogP contribution in [0.2, 0.25) is 0 Å². The number of H-pyrrole nitrogens is 1. The molecule has 2 aliphatic heterocycles. The van der Waals surface area contributed by atoms with E-state index in [1.54, 1.807) is 17.8 Å². The van der Waals surface area contributed by atoms with E-state index in [4.69, 9.17) is 4.74 Å². The first-order chi connectivity index (χ1) is 22.2. The van der Waals surface area contributed by atoms with Gasteiger partial charge in [0.1, 0.15) is 11.6 Å². The lowest BCUT2D eigenvalue weighted by Crippen LogP contribution is -2.42. The maximum absolute atomic E-state index is 14.1. The minimum Gasteiger partial charge on any atom is -0.483 e. The highest BCUT2D eigenvalue weighted by Crippen LogP contribution is 2.69. The molecule has 1 saturated heterocycles. The summed E-state index contributed by atoms with van der Waals surface area (Å²) in [5.41, 5.74) is 2.92. The Bertz CT molecular complexity index is 1960. The van der Waals surface area contributed by atoms with Crippen molar-refractivity contribution in [3.63, 3.8) is 0 Å². The highest BCUT2D eigenvalue weighted by Gasteiger charge is 2.69. The van der Waals surface area contributed by atoms with Gasteiger partial charge in [-0.15, -0.1) is 11.8 Å². The first-order valence-electron chi connectivity index (χ1n) is 15.0. The van der Waals surface area contributed by atoms with Crippen LogP contribution in [0.4, 0.5) is 15.8 Å². The van der Waals surface area contributed by atoms with E-state index in [0.29, 0.717) is 17.1 Å². The van der Waals surface area contributed by atoms with Gasteiger partial charge in [-0.2, -0.15) is 0 Å². The van der Waals surface area contributed by atoms with E-state index in [-0.39, 0.29) is 52.2 Å². The molecular formula is C34H27BrFN3O5S2. The SMILES string of the molecule is Cc1ccc(N2C(=O)C3C(C2=O)[C@@H]2C[C@H]3C3Sc4[nH]c(=O)sc4[C@H](c4cc(Br)ccc4OCC(=O)Nc4ccc(F)cc4)C32)cc1. The normalized spacial score (nSPS) is 27.4. The Balaban J connectivity index is 1.14. The number of halogens is 2. The van der Waals surface area contributed by atoms with Crippen molar-refractivity contribution in [2.45, 2.75) is 29.5 Å². The first kappa shape index (κ1) is 29.6. The third-order valence-corrected chi connectivity index (χ3v) is 12.9. The number of amides is 3. The maximum atomic E-state index is 14.1. The van der Waals surface area contributed by atoms with Gasteiger partial charge in [0.25, 0.3) is 5.91 Å². The fraction of sp³-hybridized carbons (Fsp3) is 0.294. The van der Waals surface area contributed by atoms with Gasteiger partial charge in [-0.25, -0.2) is 4.39 Å². The Hall–Kier alpha value is -3.74. The molecule has 12 heteroatoms. The van der Waals surface area contributed by atoms with Gasteiger partial charge in [0, 0.05) is 31.8 Å². The van der Waals surface area contributed by atoms with Crippen LogP contribution in [-0.2, 0) is 14.4 Å². The number of benzene rings is 3. The van der Waals surface area contributed by atoms with Gasteiger partial charge in [0.05, 0.1) is 22.5 Å². The number of imide groups is 1. The third-order valence-electron chi connectivity index (χ3n) is 9.81. The van der Waals surface area contributed by atoms with E-state index in [2.05, 4.69) is 26.2 Å². The molecule has 2 bridgehead atoms. The van der Waals surface area contributed by atoms with Crippen molar-refractivity contribution in [3.8, 4) is 5.75 Å². The second-order valence-corrected chi connectivity index (χ2v) is 15.5. The predicted molar refractivity (Wildman–Crippen MR) is 177 cm³/mol. The molecule has 4 aromatic rings. The molecule has 234 valence electrons. The molecule has 1 aromatic heterocycles. The minimum atomic E-state index is -0.432. The number of thioether (sulfide) groups is 1. The molecule has 7 atom stereocenters. The van der Waals surface area contributed by atoms with Crippen LogP contribution in [0.1, 0.15) is 28.3 Å². The number of rotatable bonds is 6. The molecule has 0 spiro atoms. The van der Waals surface area contributed by atoms with Gasteiger partial charge in [0.15, 0.2) is 6.61 Å². The number of fused-ring (bicyclic) bond motifs is 9. The fourth-order valence-electron chi connectivity index (χ4n) is 8.08. The van der Waals surface area contributed by atoms with Crippen molar-refractivity contribution in [3.05, 3.63) is 103 Å². The van der Waals surface area contributed by atoms with Gasteiger partial charge >= 0.3 is 4.87 Å². The molecule has 8 nitrogen and oxygen atoms in total. The number of hydrogen-bond acceptors (Lipinski definition) is 7. The third kappa shape index (κ3) is 4.75. The molecule has 3 fully saturated rings. The van der Waals surface area contributed by atoms with Crippen molar-refractivity contribution in [1.82, 2.24) is 4.98 Å². The monoisotopic (exact) mass is 719 g/mol. The molecule has 4 unspecified atom stereocenters. The van der Waals surface area contributed by atoms with Gasteiger partial charge in [-0.05, 0) is 85.7 Å². The molecular weight excluding hydrogens is 693 g/mol. The number of aromatic amines is 1. The van der Waals surface area contributed by atoms with E-state index in [1.807, 2.05) is 43.3 Å². The maximum Gasteiger partial charge on any atom is 0.305 e. The number of nitrogens with zero attached hydrogens (tertiary/aromatic N) is 1. The van der Waals surface area contributed by atoms with Crippen molar-refractivity contribution in [2.24, 2.45) is 29.6 Å². The summed E-state index contributed by atoms with van der Waals surface area (Å²) in [5.74, 6) is -1.82. The summed E-state index contributed by atoms with van der Waals surface area (Å²) in [5, 5.41) is 3.52. The van der Waals surface area contributed by atoms with Gasteiger partial charge in [0.2, 0.25) is 11.8 Å². The van der Waals surface area contributed by atoms with Gasteiger partial charge in [-0.1, -0.05) is 45.0 Å². The number of nitrogens with one attached hydrogen (secondary N) is 2. The topological polar surface area (TPSA) is 109 Å².